The highest BCUT2D eigenvalue weighted by atomic mass is 16.6. The molecule has 0 saturated carbocycles. The fourth-order valence-electron chi connectivity index (χ4n) is 2.68. The van der Waals surface area contributed by atoms with Crippen LogP contribution in [0.2, 0.25) is 0 Å². The van der Waals surface area contributed by atoms with Gasteiger partial charge in [0.25, 0.3) is 0 Å². The first kappa shape index (κ1) is 19.5. The number of benzene rings is 2. The second-order valence-corrected chi connectivity index (χ2v) is 7.24. The van der Waals surface area contributed by atoms with Gasteiger partial charge in [0.1, 0.15) is 28.9 Å². The van der Waals surface area contributed by atoms with Crippen LogP contribution in [0.4, 0.5) is 0 Å². The van der Waals surface area contributed by atoms with Crippen LogP contribution in [0, 0.1) is 0 Å². The molecule has 0 aliphatic carbocycles. The third-order valence-electron chi connectivity index (χ3n) is 3.92. The molecule has 0 spiro atoms. The third kappa shape index (κ3) is 4.52. The van der Waals surface area contributed by atoms with Crippen molar-refractivity contribution in [3.63, 3.8) is 0 Å². The molecule has 0 N–H and O–H groups in total. The van der Waals surface area contributed by atoms with Gasteiger partial charge in [-0.1, -0.05) is 12.1 Å². The van der Waals surface area contributed by atoms with E-state index in [1.54, 1.807) is 70.3 Å². The molecule has 6 nitrogen and oxygen atoms in total. The predicted molar refractivity (Wildman–Crippen MR) is 106 cm³/mol. The number of rotatable bonds is 5. The molecule has 3 rings (SSSR count). The van der Waals surface area contributed by atoms with E-state index in [1.165, 1.54) is 6.26 Å². The highest BCUT2D eigenvalue weighted by molar-refractivity contribution is 5.82. The molecule has 1 heterocycles. The van der Waals surface area contributed by atoms with Crippen LogP contribution in [0.1, 0.15) is 20.8 Å². The number of carbonyl (C=O) groups is 1. The second-order valence-electron chi connectivity index (χ2n) is 7.24. The highest BCUT2D eigenvalue weighted by Crippen LogP contribution is 2.24. The Kier molecular flexibility index (Phi) is 5.40. The summed E-state index contributed by atoms with van der Waals surface area (Å²) in [6.45, 7) is 5.14. The second kappa shape index (κ2) is 7.76. The van der Waals surface area contributed by atoms with E-state index in [0.29, 0.717) is 28.0 Å². The molecule has 0 saturated heterocycles. The number of fused-ring (bicyclic) bond motifs is 1. The maximum absolute atomic E-state index is 12.8. The predicted octanol–water partition coefficient (Wildman–Crippen LogP) is 4.19. The molecule has 1 aromatic heterocycles. The monoisotopic (exact) mass is 382 g/mol. The Morgan fingerprint density at radius 3 is 2.36 bits per heavy atom. The van der Waals surface area contributed by atoms with E-state index >= 15 is 0 Å². The van der Waals surface area contributed by atoms with Gasteiger partial charge in [-0.2, -0.15) is 0 Å². The van der Waals surface area contributed by atoms with Crippen LogP contribution >= 0.6 is 0 Å². The molecule has 0 bridgehead atoms. The van der Waals surface area contributed by atoms with Crippen molar-refractivity contribution in [3.05, 3.63) is 59.0 Å². The van der Waals surface area contributed by atoms with Crippen LogP contribution in [0.25, 0.3) is 22.1 Å². The first-order valence-electron chi connectivity index (χ1n) is 8.81. The van der Waals surface area contributed by atoms with Gasteiger partial charge in [0, 0.05) is 6.07 Å². The summed E-state index contributed by atoms with van der Waals surface area (Å²) >= 11 is 0. The van der Waals surface area contributed by atoms with Crippen molar-refractivity contribution in [1.82, 2.24) is 0 Å². The van der Waals surface area contributed by atoms with E-state index in [9.17, 15) is 9.59 Å². The minimum atomic E-state index is -0.575. The molecular weight excluding hydrogens is 360 g/mol. The molecule has 0 atom stereocenters. The smallest absolute Gasteiger partial charge is 0.344 e. The number of ether oxygens (including phenoxy) is 3. The van der Waals surface area contributed by atoms with Crippen molar-refractivity contribution in [2.24, 2.45) is 0 Å². The normalized spacial score (nSPS) is 11.3. The van der Waals surface area contributed by atoms with Gasteiger partial charge < -0.3 is 18.6 Å². The molecule has 0 radical (unpaired) electrons. The molecule has 28 heavy (non-hydrogen) atoms. The van der Waals surface area contributed by atoms with Gasteiger partial charge >= 0.3 is 5.97 Å². The molecular formula is C22H22O6. The molecule has 0 aliphatic heterocycles. The summed E-state index contributed by atoms with van der Waals surface area (Å²) in [6, 6.07) is 12.0. The van der Waals surface area contributed by atoms with Gasteiger partial charge in [0.05, 0.1) is 18.1 Å². The van der Waals surface area contributed by atoms with Crippen molar-refractivity contribution >= 4 is 16.9 Å². The van der Waals surface area contributed by atoms with Gasteiger partial charge in [-0.25, -0.2) is 4.79 Å². The Labute approximate surface area is 162 Å². The Bertz CT molecular complexity index is 1040. The van der Waals surface area contributed by atoms with Crippen LogP contribution in [0.5, 0.6) is 11.5 Å². The lowest BCUT2D eigenvalue weighted by atomic mass is 10.1. The topological polar surface area (TPSA) is 75.0 Å². The lowest BCUT2D eigenvalue weighted by Crippen LogP contribution is -2.27. The van der Waals surface area contributed by atoms with E-state index in [-0.39, 0.29) is 12.0 Å². The van der Waals surface area contributed by atoms with E-state index < -0.39 is 11.6 Å². The summed E-state index contributed by atoms with van der Waals surface area (Å²) in [4.78, 5) is 24.6. The highest BCUT2D eigenvalue weighted by Gasteiger charge is 2.17. The van der Waals surface area contributed by atoms with E-state index in [4.69, 9.17) is 18.6 Å². The zero-order valence-corrected chi connectivity index (χ0v) is 16.3. The van der Waals surface area contributed by atoms with E-state index in [0.717, 1.165) is 5.56 Å². The van der Waals surface area contributed by atoms with E-state index in [1.807, 2.05) is 0 Å². The Hall–Kier alpha value is -3.28. The van der Waals surface area contributed by atoms with Crippen molar-refractivity contribution < 1.29 is 23.4 Å². The Morgan fingerprint density at radius 2 is 1.71 bits per heavy atom. The van der Waals surface area contributed by atoms with Gasteiger partial charge in [0.2, 0.25) is 0 Å². The fraction of sp³-hybridized carbons (Fsp3) is 0.273. The first-order chi connectivity index (χ1) is 13.3. The maximum Gasteiger partial charge on any atom is 0.344 e. The number of esters is 1. The summed E-state index contributed by atoms with van der Waals surface area (Å²) in [5.74, 6) is 0.656. The van der Waals surface area contributed by atoms with E-state index in [2.05, 4.69) is 0 Å². The first-order valence-corrected chi connectivity index (χ1v) is 8.81. The Morgan fingerprint density at radius 1 is 1.04 bits per heavy atom. The SMILES string of the molecule is COc1ccc(-c2coc3cc(OCC(=O)OC(C)(C)C)ccc3c2=O)cc1. The van der Waals surface area contributed by atoms with Gasteiger partial charge in [-0.05, 0) is 50.6 Å². The average Bonchev–Trinajstić information content (AvgIpc) is 2.65. The quantitative estimate of drug-likeness (QED) is 0.616. The Balaban J connectivity index is 1.82. The number of methoxy groups -OCH3 is 1. The number of hydrogen-bond acceptors (Lipinski definition) is 6. The largest absolute Gasteiger partial charge is 0.497 e. The minimum Gasteiger partial charge on any atom is -0.497 e. The molecule has 3 aromatic rings. The molecule has 6 heteroatoms. The maximum atomic E-state index is 12.8. The van der Waals surface area contributed by atoms with Crippen LogP contribution < -0.4 is 14.9 Å². The molecule has 0 amide bonds. The lowest BCUT2D eigenvalue weighted by molar-refractivity contribution is -0.157. The average molecular weight is 382 g/mol. The van der Waals surface area contributed by atoms with Gasteiger partial charge in [0.15, 0.2) is 12.0 Å². The molecule has 146 valence electrons. The van der Waals surface area contributed by atoms with Crippen LogP contribution in [-0.4, -0.2) is 25.3 Å². The van der Waals surface area contributed by atoms with Gasteiger partial charge in [-0.3, -0.25) is 4.79 Å². The molecule has 2 aromatic carbocycles. The molecule has 0 aliphatic rings. The summed E-state index contributed by atoms with van der Waals surface area (Å²) in [5.41, 5.74) is 0.849. The number of carbonyl (C=O) groups excluding carboxylic acids is 1. The van der Waals surface area contributed by atoms with Crippen LogP contribution in [0.3, 0.4) is 0 Å². The summed E-state index contributed by atoms with van der Waals surface area (Å²) in [5, 5.41) is 0.429. The summed E-state index contributed by atoms with van der Waals surface area (Å²) in [7, 11) is 1.59. The van der Waals surface area contributed by atoms with Crippen molar-refractivity contribution in [2.45, 2.75) is 26.4 Å². The van der Waals surface area contributed by atoms with Crippen LogP contribution in [0.15, 0.2) is 57.9 Å². The molecule has 0 unspecified atom stereocenters. The summed E-state index contributed by atoms with van der Waals surface area (Å²) < 4.78 is 21.4. The lowest BCUT2D eigenvalue weighted by Gasteiger charge is -2.19. The summed E-state index contributed by atoms with van der Waals surface area (Å²) in [6.07, 6.45) is 1.42. The van der Waals surface area contributed by atoms with Crippen LogP contribution in [-0.2, 0) is 9.53 Å². The van der Waals surface area contributed by atoms with Crippen molar-refractivity contribution in [3.8, 4) is 22.6 Å². The zero-order valence-electron chi connectivity index (χ0n) is 16.3. The van der Waals surface area contributed by atoms with Crippen molar-refractivity contribution in [1.29, 1.82) is 0 Å². The standard InChI is InChI=1S/C22H22O6/c1-22(2,3)28-20(23)13-26-16-9-10-17-19(11-16)27-12-18(21(17)24)14-5-7-15(25-4)8-6-14/h5-12H,13H2,1-4H3. The zero-order chi connectivity index (χ0) is 20.3. The third-order valence-corrected chi connectivity index (χ3v) is 3.92. The fourth-order valence-corrected chi connectivity index (χ4v) is 2.68. The van der Waals surface area contributed by atoms with Crippen molar-refractivity contribution in [2.75, 3.05) is 13.7 Å². The van der Waals surface area contributed by atoms with Gasteiger partial charge in [-0.15, -0.1) is 0 Å². The minimum absolute atomic E-state index is 0.148. The number of hydrogen-bond donors (Lipinski definition) is 0. The molecule has 0 fully saturated rings.